The first-order valence-corrected chi connectivity index (χ1v) is 9.68. The van der Waals surface area contributed by atoms with Gasteiger partial charge in [-0.1, -0.05) is 26.2 Å². The molecule has 5 nitrogen and oxygen atoms in total. The van der Waals surface area contributed by atoms with Crippen molar-refractivity contribution in [2.24, 2.45) is 0 Å². The Bertz CT molecular complexity index is 432. The van der Waals surface area contributed by atoms with Gasteiger partial charge in [0.1, 0.15) is 0 Å². The maximum Gasteiger partial charge on any atom is 0.640 e. The van der Waals surface area contributed by atoms with Gasteiger partial charge >= 0.3 is 14.4 Å². The summed E-state index contributed by atoms with van der Waals surface area (Å²) in [6.45, 7) is 18.5. The van der Waals surface area contributed by atoms with Crippen LogP contribution >= 0.6 is 0 Å². The topological polar surface area (TPSA) is 46.2 Å². The van der Waals surface area contributed by atoms with Crippen LogP contribution in [0.2, 0.25) is 0 Å². The standard InChI is InChI=1S/C18H36B2O5/c1-10-11-12-13-14(19-22-15(2,3)16(4,5)23-19)21-20-24-17(6,7)18(8,9)25-20/h14H,10-13H2,1-9H3. The molecule has 0 saturated carbocycles. The van der Waals surface area contributed by atoms with Crippen LogP contribution in [0.3, 0.4) is 0 Å². The summed E-state index contributed by atoms with van der Waals surface area (Å²) in [5.41, 5.74) is -1.58. The summed E-state index contributed by atoms with van der Waals surface area (Å²) in [7, 11) is -1.11. The lowest BCUT2D eigenvalue weighted by Crippen LogP contribution is -2.42. The molecule has 0 radical (unpaired) electrons. The second-order valence-electron chi connectivity index (χ2n) is 9.34. The van der Waals surface area contributed by atoms with E-state index in [1.54, 1.807) is 0 Å². The molecular formula is C18H36B2O5. The van der Waals surface area contributed by atoms with Gasteiger partial charge in [-0.25, -0.2) is 0 Å². The van der Waals surface area contributed by atoms with Crippen molar-refractivity contribution >= 4 is 14.4 Å². The van der Waals surface area contributed by atoms with E-state index >= 15 is 0 Å². The van der Waals surface area contributed by atoms with E-state index in [2.05, 4.69) is 34.6 Å². The molecule has 0 aromatic heterocycles. The van der Waals surface area contributed by atoms with Crippen LogP contribution in [-0.2, 0) is 23.3 Å². The maximum absolute atomic E-state index is 6.21. The van der Waals surface area contributed by atoms with Crippen LogP contribution in [0, 0.1) is 0 Å². The molecule has 2 rings (SSSR count). The molecular weight excluding hydrogens is 318 g/mol. The summed E-state index contributed by atoms with van der Waals surface area (Å²) in [5, 5.41) is 0. The van der Waals surface area contributed by atoms with Gasteiger partial charge in [0.25, 0.3) is 0 Å². The molecule has 2 saturated heterocycles. The Kier molecular flexibility index (Phi) is 6.08. The van der Waals surface area contributed by atoms with Gasteiger partial charge in [0, 0.05) is 0 Å². The van der Waals surface area contributed by atoms with Crippen molar-refractivity contribution in [3.63, 3.8) is 0 Å². The zero-order chi connectivity index (χ0) is 19.1. The summed E-state index contributed by atoms with van der Waals surface area (Å²) in [5.74, 6) is 0. The Hall–Kier alpha value is -0.0701. The summed E-state index contributed by atoms with van der Waals surface area (Å²) in [4.78, 5) is 0. The molecule has 7 heteroatoms. The zero-order valence-corrected chi connectivity index (χ0v) is 17.6. The highest BCUT2D eigenvalue weighted by Crippen LogP contribution is 2.41. The highest BCUT2D eigenvalue weighted by atomic mass is 16.8. The third-order valence-electron chi connectivity index (χ3n) is 6.18. The predicted molar refractivity (Wildman–Crippen MR) is 101 cm³/mol. The van der Waals surface area contributed by atoms with Gasteiger partial charge in [-0.05, 0) is 61.8 Å². The summed E-state index contributed by atoms with van der Waals surface area (Å²) in [6.07, 6.45) is 4.23. The van der Waals surface area contributed by atoms with Gasteiger partial charge in [-0.3, -0.25) is 0 Å². The summed E-state index contributed by atoms with van der Waals surface area (Å²) < 4.78 is 30.6. The molecule has 0 spiro atoms. The Morgan fingerprint density at radius 3 is 1.60 bits per heavy atom. The smallest absolute Gasteiger partial charge is 0.402 e. The molecule has 0 aromatic rings. The van der Waals surface area contributed by atoms with Gasteiger partial charge in [-0.2, -0.15) is 0 Å². The largest absolute Gasteiger partial charge is 0.640 e. The molecule has 144 valence electrons. The Balaban J connectivity index is 2.07. The van der Waals surface area contributed by atoms with Gasteiger partial charge in [-0.15, -0.1) is 0 Å². The third kappa shape index (κ3) is 4.44. The van der Waals surface area contributed by atoms with E-state index in [9.17, 15) is 0 Å². The van der Waals surface area contributed by atoms with Crippen LogP contribution in [0.15, 0.2) is 0 Å². The van der Waals surface area contributed by atoms with Gasteiger partial charge in [0.15, 0.2) is 0 Å². The van der Waals surface area contributed by atoms with E-state index in [0.29, 0.717) is 0 Å². The van der Waals surface area contributed by atoms with E-state index in [1.807, 2.05) is 27.7 Å². The number of hydrogen-bond donors (Lipinski definition) is 0. The van der Waals surface area contributed by atoms with E-state index in [0.717, 1.165) is 25.7 Å². The minimum Gasteiger partial charge on any atom is -0.402 e. The van der Waals surface area contributed by atoms with Crippen LogP contribution in [0.1, 0.15) is 88.0 Å². The molecule has 25 heavy (non-hydrogen) atoms. The zero-order valence-electron chi connectivity index (χ0n) is 17.6. The average molecular weight is 354 g/mol. The minimum absolute atomic E-state index is 0.220. The lowest BCUT2D eigenvalue weighted by atomic mass is 9.77. The quantitative estimate of drug-likeness (QED) is 0.507. The molecule has 2 aliphatic rings. The Morgan fingerprint density at radius 1 is 0.720 bits per heavy atom. The Morgan fingerprint density at radius 2 is 1.16 bits per heavy atom. The van der Waals surface area contributed by atoms with E-state index < -0.39 is 25.6 Å². The maximum atomic E-state index is 6.21. The second-order valence-corrected chi connectivity index (χ2v) is 9.34. The molecule has 1 atom stereocenters. The fraction of sp³-hybridized carbons (Fsp3) is 1.00. The molecule has 0 bridgehead atoms. The van der Waals surface area contributed by atoms with Crippen LogP contribution in [0.5, 0.6) is 0 Å². The van der Waals surface area contributed by atoms with Gasteiger partial charge in [0.05, 0.1) is 28.4 Å². The molecule has 0 amide bonds. The minimum atomic E-state index is -0.698. The lowest BCUT2D eigenvalue weighted by molar-refractivity contribution is 0.00578. The van der Waals surface area contributed by atoms with Crippen molar-refractivity contribution < 1.29 is 23.3 Å². The van der Waals surface area contributed by atoms with Crippen LogP contribution in [0.25, 0.3) is 0 Å². The summed E-state index contributed by atoms with van der Waals surface area (Å²) >= 11 is 0. The second kappa shape index (κ2) is 7.16. The van der Waals surface area contributed by atoms with E-state index in [4.69, 9.17) is 23.3 Å². The first kappa shape index (κ1) is 21.2. The molecule has 0 aromatic carbocycles. The molecule has 0 N–H and O–H groups in total. The highest BCUT2D eigenvalue weighted by molar-refractivity contribution is 6.49. The molecule has 1 unspecified atom stereocenters. The van der Waals surface area contributed by atoms with E-state index in [-0.39, 0.29) is 17.2 Å². The Labute approximate surface area is 154 Å². The van der Waals surface area contributed by atoms with E-state index in [1.165, 1.54) is 0 Å². The van der Waals surface area contributed by atoms with Crippen molar-refractivity contribution in [2.75, 3.05) is 0 Å². The normalized spacial score (nSPS) is 27.7. The van der Waals surface area contributed by atoms with Crippen molar-refractivity contribution in [2.45, 2.75) is 116 Å². The van der Waals surface area contributed by atoms with Crippen molar-refractivity contribution in [3.05, 3.63) is 0 Å². The highest BCUT2D eigenvalue weighted by Gasteiger charge is 2.58. The average Bonchev–Trinajstić information content (AvgIpc) is 2.77. The molecule has 0 aliphatic carbocycles. The predicted octanol–water partition coefficient (Wildman–Crippen LogP) is 4.17. The van der Waals surface area contributed by atoms with Crippen molar-refractivity contribution in [1.29, 1.82) is 0 Å². The first-order chi connectivity index (χ1) is 11.3. The molecule has 2 aliphatic heterocycles. The van der Waals surface area contributed by atoms with Crippen molar-refractivity contribution in [3.8, 4) is 0 Å². The fourth-order valence-corrected chi connectivity index (χ4v) is 2.89. The summed E-state index contributed by atoms with van der Waals surface area (Å²) in [6, 6.07) is -0.220. The fourth-order valence-electron chi connectivity index (χ4n) is 2.89. The lowest BCUT2D eigenvalue weighted by Gasteiger charge is -2.32. The molecule has 2 fully saturated rings. The SMILES string of the molecule is CCCCCC(OB1OC(C)(C)C(C)(C)O1)B1OC(C)(C)C(C)(C)O1. The number of rotatable bonds is 7. The molecule has 2 heterocycles. The van der Waals surface area contributed by atoms with Gasteiger partial charge < -0.3 is 23.3 Å². The van der Waals surface area contributed by atoms with Crippen LogP contribution in [0.4, 0.5) is 0 Å². The number of unbranched alkanes of at least 4 members (excludes halogenated alkanes) is 2. The third-order valence-corrected chi connectivity index (χ3v) is 6.18. The van der Waals surface area contributed by atoms with Crippen molar-refractivity contribution in [1.82, 2.24) is 0 Å². The monoisotopic (exact) mass is 354 g/mol. The van der Waals surface area contributed by atoms with Gasteiger partial charge in [0.2, 0.25) is 0 Å². The first-order valence-electron chi connectivity index (χ1n) is 9.68. The van der Waals surface area contributed by atoms with Crippen LogP contribution in [-0.4, -0.2) is 42.8 Å². The van der Waals surface area contributed by atoms with Crippen LogP contribution < -0.4 is 0 Å². The number of hydrogen-bond acceptors (Lipinski definition) is 5.